The molecule has 4 heterocycles. The van der Waals surface area contributed by atoms with E-state index in [-0.39, 0.29) is 11.9 Å². The van der Waals surface area contributed by atoms with E-state index >= 15 is 0 Å². The molecule has 2 fully saturated rings. The van der Waals surface area contributed by atoms with E-state index in [1.54, 1.807) is 6.20 Å². The SMILES string of the molecule is CN1CCN(c2ccc(Nc3ncc4ccn(CC5CCCO5)c4n3)cc2F)CC1. The average Bonchev–Trinajstić information content (AvgIpc) is 3.40. The molecule has 1 unspecified atom stereocenters. The Morgan fingerprint density at radius 1 is 1.20 bits per heavy atom. The Kier molecular flexibility index (Phi) is 5.26. The summed E-state index contributed by atoms with van der Waals surface area (Å²) in [6.07, 6.45) is 6.25. The van der Waals surface area contributed by atoms with E-state index in [2.05, 4.69) is 36.7 Å². The highest BCUT2D eigenvalue weighted by Crippen LogP contribution is 2.26. The first-order valence-electron chi connectivity index (χ1n) is 10.6. The largest absolute Gasteiger partial charge is 0.376 e. The molecule has 0 amide bonds. The molecule has 1 aromatic carbocycles. The van der Waals surface area contributed by atoms with Crippen LogP contribution in [0.1, 0.15) is 12.8 Å². The summed E-state index contributed by atoms with van der Waals surface area (Å²) in [5.74, 6) is 0.230. The molecule has 0 bridgehead atoms. The van der Waals surface area contributed by atoms with Crippen LogP contribution in [0.2, 0.25) is 0 Å². The van der Waals surface area contributed by atoms with Gasteiger partial charge in [-0.3, -0.25) is 0 Å². The number of ether oxygens (including phenoxy) is 1. The molecular weight excluding hydrogens is 383 g/mol. The number of likely N-dealkylation sites (N-methyl/N-ethyl adjacent to an activating group) is 1. The third kappa shape index (κ3) is 3.97. The minimum atomic E-state index is -0.229. The van der Waals surface area contributed by atoms with E-state index < -0.39 is 0 Å². The van der Waals surface area contributed by atoms with Gasteiger partial charge in [0.05, 0.1) is 18.3 Å². The second-order valence-corrected chi connectivity index (χ2v) is 8.16. The summed E-state index contributed by atoms with van der Waals surface area (Å²) in [5, 5.41) is 4.13. The number of hydrogen-bond donors (Lipinski definition) is 1. The number of piperazine rings is 1. The highest BCUT2D eigenvalue weighted by Gasteiger charge is 2.19. The first kappa shape index (κ1) is 19.3. The van der Waals surface area contributed by atoms with Gasteiger partial charge in [-0.15, -0.1) is 0 Å². The minimum Gasteiger partial charge on any atom is -0.376 e. The van der Waals surface area contributed by atoms with Crippen molar-refractivity contribution in [1.29, 1.82) is 0 Å². The third-order valence-electron chi connectivity index (χ3n) is 5.97. The van der Waals surface area contributed by atoms with Crippen LogP contribution < -0.4 is 10.2 Å². The zero-order valence-corrected chi connectivity index (χ0v) is 17.2. The Bertz CT molecular complexity index is 1020. The van der Waals surface area contributed by atoms with Gasteiger partial charge in [-0.05, 0) is 44.2 Å². The molecule has 0 saturated carbocycles. The van der Waals surface area contributed by atoms with Gasteiger partial charge in [-0.1, -0.05) is 0 Å². The van der Waals surface area contributed by atoms with E-state index in [9.17, 15) is 4.39 Å². The lowest BCUT2D eigenvalue weighted by atomic mass is 10.2. The van der Waals surface area contributed by atoms with Crippen LogP contribution in [0.25, 0.3) is 11.0 Å². The molecule has 0 radical (unpaired) electrons. The molecule has 30 heavy (non-hydrogen) atoms. The first-order valence-corrected chi connectivity index (χ1v) is 10.6. The summed E-state index contributed by atoms with van der Waals surface area (Å²) in [6.45, 7) is 5.18. The van der Waals surface area contributed by atoms with Crippen molar-refractivity contribution in [3.63, 3.8) is 0 Å². The number of rotatable bonds is 5. The van der Waals surface area contributed by atoms with Crippen molar-refractivity contribution < 1.29 is 9.13 Å². The van der Waals surface area contributed by atoms with Crippen molar-refractivity contribution in [3.05, 3.63) is 42.5 Å². The molecule has 5 rings (SSSR count). The van der Waals surface area contributed by atoms with E-state index in [1.807, 2.05) is 24.4 Å². The Balaban J connectivity index is 1.33. The van der Waals surface area contributed by atoms with Crippen molar-refractivity contribution in [2.24, 2.45) is 0 Å². The number of halogens is 1. The van der Waals surface area contributed by atoms with Crippen LogP contribution >= 0.6 is 0 Å². The van der Waals surface area contributed by atoms with Gasteiger partial charge in [0.25, 0.3) is 0 Å². The number of nitrogens with one attached hydrogen (secondary N) is 1. The molecule has 0 aliphatic carbocycles. The van der Waals surface area contributed by atoms with Gasteiger partial charge in [0, 0.05) is 56.3 Å². The summed E-state index contributed by atoms with van der Waals surface area (Å²) in [4.78, 5) is 13.4. The fourth-order valence-electron chi connectivity index (χ4n) is 4.20. The molecule has 8 heteroatoms. The van der Waals surface area contributed by atoms with Crippen molar-refractivity contribution in [2.45, 2.75) is 25.5 Å². The highest BCUT2D eigenvalue weighted by atomic mass is 19.1. The topological polar surface area (TPSA) is 58.5 Å². The number of benzene rings is 1. The minimum absolute atomic E-state index is 0.229. The van der Waals surface area contributed by atoms with Crippen molar-refractivity contribution >= 4 is 28.4 Å². The summed E-state index contributed by atoms with van der Waals surface area (Å²) in [6, 6.07) is 7.25. The maximum absolute atomic E-state index is 14.8. The summed E-state index contributed by atoms with van der Waals surface area (Å²) >= 11 is 0. The van der Waals surface area contributed by atoms with Crippen LogP contribution in [0, 0.1) is 5.82 Å². The Labute approximate surface area is 175 Å². The number of nitrogens with zero attached hydrogens (tertiary/aromatic N) is 5. The molecule has 2 aliphatic heterocycles. The van der Waals surface area contributed by atoms with Crippen molar-refractivity contribution in [2.75, 3.05) is 50.1 Å². The molecule has 3 aromatic rings. The summed E-state index contributed by atoms with van der Waals surface area (Å²) in [7, 11) is 2.09. The third-order valence-corrected chi connectivity index (χ3v) is 5.97. The van der Waals surface area contributed by atoms with Crippen LogP contribution in [0.15, 0.2) is 36.7 Å². The lowest BCUT2D eigenvalue weighted by Crippen LogP contribution is -2.44. The number of aromatic nitrogens is 3. The molecule has 2 saturated heterocycles. The van der Waals surface area contributed by atoms with Crippen LogP contribution in [0.4, 0.5) is 21.7 Å². The molecule has 158 valence electrons. The fourth-order valence-corrected chi connectivity index (χ4v) is 4.20. The smallest absolute Gasteiger partial charge is 0.229 e. The van der Waals surface area contributed by atoms with Gasteiger partial charge in [0.1, 0.15) is 11.5 Å². The second kappa shape index (κ2) is 8.20. The Morgan fingerprint density at radius 2 is 2.07 bits per heavy atom. The average molecular weight is 410 g/mol. The Hall–Kier alpha value is -2.71. The number of hydrogen-bond acceptors (Lipinski definition) is 6. The summed E-state index contributed by atoms with van der Waals surface area (Å²) in [5.41, 5.74) is 2.15. The zero-order chi connectivity index (χ0) is 20.5. The van der Waals surface area contributed by atoms with Gasteiger partial charge in [0.15, 0.2) is 0 Å². The molecule has 2 aliphatic rings. The summed E-state index contributed by atoms with van der Waals surface area (Å²) < 4.78 is 22.6. The molecular formula is C22H27FN6O. The zero-order valence-electron chi connectivity index (χ0n) is 17.2. The second-order valence-electron chi connectivity index (χ2n) is 8.16. The number of anilines is 3. The first-order chi connectivity index (χ1) is 14.7. The predicted molar refractivity (Wildman–Crippen MR) is 116 cm³/mol. The van der Waals surface area contributed by atoms with Crippen LogP contribution in [-0.4, -0.2) is 65.4 Å². The van der Waals surface area contributed by atoms with E-state index in [0.717, 1.165) is 63.2 Å². The maximum atomic E-state index is 14.8. The quantitative estimate of drug-likeness (QED) is 0.697. The van der Waals surface area contributed by atoms with Crippen molar-refractivity contribution in [1.82, 2.24) is 19.4 Å². The molecule has 1 atom stereocenters. The van der Waals surface area contributed by atoms with E-state index in [4.69, 9.17) is 4.74 Å². The molecule has 1 N–H and O–H groups in total. The lowest BCUT2D eigenvalue weighted by molar-refractivity contribution is 0.0979. The fraction of sp³-hybridized carbons (Fsp3) is 0.455. The molecule has 7 nitrogen and oxygen atoms in total. The molecule has 0 spiro atoms. The maximum Gasteiger partial charge on any atom is 0.229 e. The highest BCUT2D eigenvalue weighted by molar-refractivity contribution is 5.77. The lowest BCUT2D eigenvalue weighted by Gasteiger charge is -2.34. The van der Waals surface area contributed by atoms with E-state index in [0.29, 0.717) is 17.3 Å². The van der Waals surface area contributed by atoms with Crippen LogP contribution in [0.3, 0.4) is 0 Å². The van der Waals surface area contributed by atoms with Crippen molar-refractivity contribution in [3.8, 4) is 0 Å². The van der Waals surface area contributed by atoms with Crippen LogP contribution in [0.5, 0.6) is 0 Å². The predicted octanol–water partition coefficient (Wildman–Crippen LogP) is 3.24. The van der Waals surface area contributed by atoms with Crippen LogP contribution in [-0.2, 0) is 11.3 Å². The molecule has 2 aromatic heterocycles. The normalized spacial score (nSPS) is 20.2. The van der Waals surface area contributed by atoms with Gasteiger partial charge in [-0.25, -0.2) is 9.37 Å². The van der Waals surface area contributed by atoms with Gasteiger partial charge >= 0.3 is 0 Å². The van der Waals surface area contributed by atoms with Gasteiger partial charge in [0.2, 0.25) is 5.95 Å². The monoisotopic (exact) mass is 410 g/mol. The van der Waals surface area contributed by atoms with Gasteiger partial charge in [-0.2, -0.15) is 4.98 Å². The Morgan fingerprint density at radius 3 is 2.83 bits per heavy atom. The van der Waals surface area contributed by atoms with Gasteiger partial charge < -0.3 is 24.4 Å². The van der Waals surface area contributed by atoms with E-state index in [1.165, 1.54) is 6.07 Å². The number of fused-ring (bicyclic) bond motifs is 1. The standard InChI is InChI=1S/C22H27FN6O/c1-27-8-10-28(11-9-27)20-5-4-17(13-19(20)23)25-22-24-14-16-6-7-29(21(16)26-22)15-18-3-2-12-30-18/h4-7,13-14,18H,2-3,8-12,15H2,1H3,(H,24,25,26).